The molecule has 0 aliphatic carbocycles. The zero-order valence-electron chi connectivity index (χ0n) is 10.4. The first-order valence-electron chi connectivity index (χ1n) is 5.34. The Bertz CT molecular complexity index is 499. The Balaban J connectivity index is 2.56. The number of aliphatic hydroxyl groups excluding tert-OH is 1. The first-order valence-corrected chi connectivity index (χ1v) is 9.73. The molecule has 5 atom stereocenters. The molecule has 1 N–H and O–H groups in total. The molecule has 1 rings (SSSR count). The van der Waals surface area contributed by atoms with E-state index in [4.69, 9.17) is 4.74 Å². The van der Waals surface area contributed by atoms with Crippen LogP contribution in [-0.4, -0.2) is 30.0 Å². The summed E-state index contributed by atoms with van der Waals surface area (Å²) in [7, 11) is -17.5. The minimum atomic E-state index is -6.01. The zero-order chi connectivity index (χ0) is 16.5. The second kappa shape index (κ2) is 6.84. The fourth-order valence-electron chi connectivity index (χ4n) is 1.54. The van der Waals surface area contributed by atoms with E-state index < -0.39 is 42.3 Å². The smallest absolute Gasteiger partial charge is 0.278 e. The second-order valence-corrected chi connectivity index (χ2v) is 8.34. The molecule has 0 saturated carbocycles. The van der Waals surface area contributed by atoms with Crippen molar-refractivity contribution in [2.75, 3.05) is 6.61 Å². The SMILES string of the molecule is C[C@H]1CC(O)[C@@H](COP(=O)([O-])OP(=O)([O-])OP(=O)([O-])[O-])O1. The highest BCUT2D eigenvalue weighted by molar-refractivity contribution is 7.64. The second-order valence-electron chi connectivity index (χ2n) is 4.09. The van der Waals surface area contributed by atoms with Gasteiger partial charge in [-0.05, 0) is 6.92 Å². The van der Waals surface area contributed by atoms with Gasteiger partial charge in [-0.3, -0.25) is 13.4 Å². The monoisotopic (exact) mass is 368 g/mol. The minimum absolute atomic E-state index is 0.219. The van der Waals surface area contributed by atoms with Gasteiger partial charge in [0.2, 0.25) is 0 Å². The zero-order valence-corrected chi connectivity index (χ0v) is 13.1. The van der Waals surface area contributed by atoms with Crippen molar-refractivity contribution in [1.82, 2.24) is 0 Å². The van der Waals surface area contributed by atoms with Crippen molar-refractivity contribution >= 4 is 23.5 Å². The van der Waals surface area contributed by atoms with E-state index in [1.807, 2.05) is 0 Å². The predicted molar refractivity (Wildman–Crippen MR) is 55.9 cm³/mol. The standard InChI is InChI=1S/C6H15O12P3/c1-4-2-5(7)6(16-4)3-15-20(11,12)18-21(13,14)17-19(8,9)10/h4-7H,2-3H2,1H3,(H,11,12)(H,13,14)(H2,8,9,10)/p-4/t4-,5?,6+/m0/s1. The number of aliphatic hydroxyl groups is 1. The van der Waals surface area contributed by atoms with Gasteiger partial charge in [-0.2, -0.15) is 0 Å². The number of phosphoric acid groups is 3. The Labute approximate surface area is 119 Å². The topological polar surface area (TPSA) is 201 Å². The maximum absolute atomic E-state index is 11.2. The summed E-state index contributed by atoms with van der Waals surface area (Å²) in [6.45, 7) is 0.842. The molecule has 15 heteroatoms. The van der Waals surface area contributed by atoms with Crippen LogP contribution in [0.3, 0.4) is 0 Å². The van der Waals surface area contributed by atoms with E-state index in [9.17, 15) is 38.4 Å². The Morgan fingerprint density at radius 2 is 1.71 bits per heavy atom. The van der Waals surface area contributed by atoms with Crippen LogP contribution >= 0.6 is 23.5 Å². The van der Waals surface area contributed by atoms with Gasteiger partial charge in [0.1, 0.15) is 6.10 Å². The van der Waals surface area contributed by atoms with E-state index >= 15 is 0 Å². The van der Waals surface area contributed by atoms with E-state index in [2.05, 4.69) is 13.1 Å². The lowest BCUT2D eigenvalue weighted by molar-refractivity contribution is -0.339. The van der Waals surface area contributed by atoms with Crippen molar-refractivity contribution in [3.05, 3.63) is 0 Å². The van der Waals surface area contributed by atoms with Crippen LogP contribution in [0.1, 0.15) is 13.3 Å². The Morgan fingerprint density at radius 1 is 1.14 bits per heavy atom. The molecular formula is C6H11O12P3-4. The lowest BCUT2D eigenvalue weighted by Crippen LogP contribution is -2.27. The molecule has 21 heavy (non-hydrogen) atoms. The highest BCUT2D eigenvalue weighted by Crippen LogP contribution is 2.60. The first kappa shape index (κ1) is 19.4. The molecule has 0 bridgehead atoms. The Morgan fingerprint density at radius 3 is 2.14 bits per heavy atom. The van der Waals surface area contributed by atoms with Gasteiger partial charge >= 0.3 is 0 Å². The van der Waals surface area contributed by atoms with E-state index in [0.29, 0.717) is 0 Å². The van der Waals surface area contributed by atoms with Gasteiger partial charge in [-0.25, -0.2) is 4.31 Å². The highest BCUT2D eigenvalue weighted by atomic mass is 31.3. The fourth-order valence-corrected chi connectivity index (χ4v) is 4.40. The number of hydrogen-bond acceptors (Lipinski definition) is 12. The summed E-state index contributed by atoms with van der Waals surface area (Å²) in [5.41, 5.74) is 0. The molecule has 1 aliphatic rings. The molecule has 0 spiro atoms. The van der Waals surface area contributed by atoms with E-state index in [1.165, 1.54) is 0 Å². The highest BCUT2D eigenvalue weighted by Gasteiger charge is 2.33. The molecule has 1 heterocycles. The maximum atomic E-state index is 11.2. The molecule has 0 aromatic heterocycles. The lowest BCUT2D eigenvalue weighted by atomic mass is 10.1. The van der Waals surface area contributed by atoms with Crippen LogP contribution in [0.2, 0.25) is 0 Å². The van der Waals surface area contributed by atoms with Gasteiger partial charge in [0, 0.05) is 6.42 Å². The molecule has 12 nitrogen and oxygen atoms in total. The normalized spacial score (nSPS) is 32.6. The molecule has 1 saturated heterocycles. The summed E-state index contributed by atoms with van der Waals surface area (Å²) < 4.78 is 47.6. The van der Waals surface area contributed by atoms with Crippen LogP contribution in [0.25, 0.3) is 0 Å². The molecular weight excluding hydrogens is 357 g/mol. The third-order valence-corrected chi connectivity index (χ3v) is 5.87. The molecule has 0 amide bonds. The average Bonchev–Trinajstić information content (AvgIpc) is 2.48. The van der Waals surface area contributed by atoms with E-state index in [1.54, 1.807) is 6.92 Å². The van der Waals surface area contributed by atoms with Crippen LogP contribution < -0.4 is 19.6 Å². The van der Waals surface area contributed by atoms with Gasteiger partial charge in [0.15, 0.2) is 0 Å². The maximum Gasteiger partial charge on any atom is 0.278 e. The Hall–Kier alpha value is 0.330. The summed E-state index contributed by atoms with van der Waals surface area (Å²) in [6, 6.07) is 0. The first-order chi connectivity index (χ1) is 9.30. The van der Waals surface area contributed by atoms with Crippen LogP contribution in [0, 0.1) is 0 Å². The summed E-state index contributed by atoms with van der Waals surface area (Å²) in [5, 5.41) is 9.44. The van der Waals surface area contributed by atoms with Crippen LogP contribution in [-0.2, 0) is 31.6 Å². The fraction of sp³-hybridized carbons (Fsp3) is 1.00. The molecule has 0 radical (unpaired) electrons. The minimum Gasteiger partial charge on any atom is -0.790 e. The van der Waals surface area contributed by atoms with E-state index in [0.717, 1.165) is 0 Å². The summed E-state index contributed by atoms with van der Waals surface area (Å²) in [5.74, 6) is 0. The van der Waals surface area contributed by atoms with Crippen molar-refractivity contribution in [1.29, 1.82) is 0 Å². The van der Waals surface area contributed by atoms with Crippen LogP contribution in [0.4, 0.5) is 0 Å². The van der Waals surface area contributed by atoms with Crippen molar-refractivity contribution < 1.29 is 56.3 Å². The van der Waals surface area contributed by atoms with Gasteiger partial charge < -0.3 is 38.5 Å². The van der Waals surface area contributed by atoms with Gasteiger partial charge in [0.05, 0.1) is 26.6 Å². The van der Waals surface area contributed by atoms with Gasteiger partial charge in [-0.1, -0.05) is 0 Å². The molecule has 0 aromatic rings. The number of rotatable bonds is 7. The van der Waals surface area contributed by atoms with Crippen molar-refractivity contribution in [2.45, 2.75) is 31.7 Å². The van der Waals surface area contributed by atoms with Crippen molar-refractivity contribution in [3.8, 4) is 0 Å². The van der Waals surface area contributed by atoms with Crippen LogP contribution in [0.15, 0.2) is 0 Å². The Kier molecular flexibility index (Phi) is 6.31. The van der Waals surface area contributed by atoms with Crippen LogP contribution in [0.5, 0.6) is 0 Å². The number of phosphoric ester groups is 1. The summed E-state index contributed by atoms with van der Waals surface area (Å²) in [4.78, 5) is 42.2. The average molecular weight is 368 g/mol. The van der Waals surface area contributed by atoms with Crippen molar-refractivity contribution in [3.63, 3.8) is 0 Å². The third kappa shape index (κ3) is 7.43. The predicted octanol–water partition coefficient (Wildman–Crippen LogP) is -2.66. The lowest BCUT2D eigenvalue weighted by Gasteiger charge is -2.37. The van der Waals surface area contributed by atoms with Crippen molar-refractivity contribution in [2.24, 2.45) is 0 Å². The number of hydrogen-bond donors (Lipinski definition) is 1. The van der Waals surface area contributed by atoms with Gasteiger partial charge in [-0.15, -0.1) is 0 Å². The number of ether oxygens (including phenoxy) is 1. The molecule has 3 unspecified atom stereocenters. The third-order valence-electron chi connectivity index (χ3n) is 2.21. The van der Waals surface area contributed by atoms with Gasteiger partial charge in [0.25, 0.3) is 15.6 Å². The quantitative estimate of drug-likeness (QED) is 0.458. The molecule has 1 fully saturated rings. The summed E-state index contributed by atoms with van der Waals surface area (Å²) >= 11 is 0. The largest absolute Gasteiger partial charge is 0.790 e. The summed E-state index contributed by atoms with van der Waals surface area (Å²) in [6.07, 6.45) is -2.21. The molecule has 126 valence electrons. The molecule has 0 aromatic carbocycles. The molecule has 1 aliphatic heterocycles. The van der Waals surface area contributed by atoms with E-state index in [-0.39, 0.29) is 12.5 Å².